The Bertz CT molecular complexity index is 736. The van der Waals surface area contributed by atoms with Gasteiger partial charge in [-0.05, 0) is 24.0 Å². The molecule has 0 bridgehead atoms. The minimum absolute atomic E-state index is 0.172. The molecule has 1 aliphatic carbocycles. The van der Waals surface area contributed by atoms with Crippen LogP contribution in [0.2, 0.25) is 0 Å². The molecule has 3 rings (SSSR count). The summed E-state index contributed by atoms with van der Waals surface area (Å²) >= 11 is 0. The maximum absolute atomic E-state index is 12.4. The summed E-state index contributed by atoms with van der Waals surface area (Å²) < 4.78 is 0. The average molecular weight is 312 g/mol. The zero-order valence-electron chi connectivity index (χ0n) is 13.6. The van der Waals surface area contributed by atoms with Gasteiger partial charge in [0, 0.05) is 11.1 Å². The lowest BCUT2D eigenvalue weighted by Crippen LogP contribution is -1.94. The largest absolute Gasteiger partial charge is 0.289 e. The second kappa shape index (κ2) is 8.07. The molecule has 0 heterocycles. The van der Waals surface area contributed by atoms with Crippen molar-refractivity contribution in [3.63, 3.8) is 0 Å². The zero-order valence-corrected chi connectivity index (χ0v) is 13.6. The van der Waals surface area contributed by atoms with E-state index in [9.17, 15) is 4.79 Å². The van der Waals surface area contributed by atoms with Crippen molar-refractivity contribution in [3.8, 4) is 0 Å². The van der Waals surface area contributed by atoms with Gasteiger partial charge in [-0.15, -0.1) is 0 Å². The molecule has 0 aromatic heterocycles. The number of ketones is 1. The van der Waals surface area contributed by atoms with Crippen molar-refractivity contribution in [1.82, 2.24) is 0 Å². The molecule has 1 nitrogen and oxygen atoms in total. The lowest BCUT2D eigenvalue weighted by atomic mass is 10.1. The topological polar surface area (TPSA) is 17.1 Å². The molecule has 1 aliphatic rings. The summed E-state index contributed by atoms with van der Waals surface area (Å²) in [6.07, 6.45) is 13.5. The van der Waals surface area contributed by atoms with Crippen LogP contribution in [-0.4, -0.2) is 5.78 Å². The van der Waals surface area contributed by atoms with Crippen molar-refractivity contribution in [1.29, 1.82) is 0 Å². The quantitative estimate of drug-likeness (QED) is 0.669. The van der Waals surface area contributed by atoms with Crippen LogP contribution in [-0.2, 0) is 4.79 Å². The first-order valence-electron chi connectivity index (χ1n) is 8.22. The van der Waals surface area contributed by atoms with E-state index in [4.69, 9.17) is 0 Å². The first-order chi connectivity index (χ1) is 11.8. The van der Waals surface area contributed by atoms with Gasteiger partial charge >= 0.3 is 0 Å². The Morgan fingerprint density at radius 1 is 0.625 bits per heavy atom. The lowest BCUT2D eigenvalue weighted by Gasteiger charge is -1.93. The highest BCUT2D eigenvalue weighted by Crippen LogP contribution is 2.26. The van der Waals surface area contributed by atoms with Crippen molar-refractivity contribution in [2.24, 2.45) is 0 Å². The number of allylic oxidation sites excluding steroid dienone is 6. The third-order valence-electron chi connectivity index (χ3n) is 4.02. The normalized spacial score (nSPS) is 18.4. The third-order valence-corrected chi connectivity index (χ3v) is 4.02. The van der Waals surface area contributed by atoms with E-state index in [1.807, 2.05) is 97.1 Å². The van der Waals surface area contributed by atoms with Crippen LogP contribution in [0.1, 0.15) is 24.0 Å². The van der Waals surface area contributed by atoms with Gasteiger partial charge in [-0.1, -0.05) is 97.1 Å². The summed E-state index contributed by atoms with van der Waals surface area (Å²) in [4.78, 5) is 12.4. The Labute approximate surface area is 143 Å². The van der Waals surface area contributed by atoms with Gasteiger partial charge in [-0.2, -0.15) is 0 Å². The van der Waals surface area contributed by atoms with Crippen molar-refractivity contribution >= 4 is 17.9 Å². The molecule has 0 atom stereocenters. The Hall–Kier alpha value is -2.93. The summed E-state index contributed by atoms with van der Waals surface area (Å²) in [5, 5.41) is 0. The van der Waals surface area contributed by atoms with E-state index in [1.54, 1.807) is 0 Å². The van der Waals surface area contributed by atoms with Gasteiger partial charge in [0.2, 0.25) is 0 Å². The van der Waals surface area contributed by atoms with Gasteiger partial charge < -0.3 is 0 Å². The van der Waals surface area contributed by atoms with Gasteiger partial charge in [0.15, 0.2) is 5.78 Å². The summed E-state index contributed by atoms with van der Waals surface area (Å²) in [5.74, 6) is 0.172. The molecule has 2 aromatic carbocycles. The molecule has 0 saturated heterocycles. The maximum atomic E-state index is 12.4. The molecular weight excluding hydrogens is 292 g/mol. The standard InChI is InChI=1S/C23H20O/c24-23-21(15-7-13-19-9-3-1-4-10-19)17-18-22(23)16-8-14-20-11-5-2-6-12-20/h1-16H,17-18H2. The fourth-order valence-corrected chi connectivity index (χ4v) is 2.70. The molecule has 2 aromatic rings. The summed E-state index contributed by atoms with van der Waals surface area (Å²) in [5.41, 5.74) is 4.06. The minimum atomic E-state index is 0.172. The Morgan fingerprint density at radius 3 is 1.46 bits per heavy atom. The van der Waals surface area contributed by atoms with E-state index < -0.39 is 0 Å². The van der Waals surface area contributed by atoms with Crippen LogP contribution in [0.5, 0.6) is 0 Å². The average Bonchev–Trinajstić information content (AvgIpc) is 2.97. The van der Waals surface area contributed by atoms with E-state index in [2.05, 4.69) is 0 Å². The Kier molecular flexibility index (Phi) is 5.36. The van der Waals surface area contributed by atoms with Crippen molar-refractivity contribution in [2.75, 3.05) is 0 Å². The fourth-order valence-electron chi connectivity index (χ4n) is 2.70. The summed E-state index contributed by atoms with van der Waals surface area (Å²) in [6.45, 7) is 0. The third kappa shape index (κ3) is 4.30. The van der Waals surface area contributed by atoms with Gasteiger partial charge in [0.1, 0.15) is 0 Å². The molecule has 0 spiro atoms. The van der Waals surface area contributed by atoms with Crippen LogP contribution < -0.4 is 0 Å². The SMILES string of the molecule is O=C1C(=CC=Cc2ccccc2)CCC1=CC=Cc1ccccc1. The van der Waals surface area contributed by atoms with Gasteiger partial charge in [0.25, 0.3) is 0 Å². The number of carbonyl (C=O) groups is 1. The van der Waals surface area contributed by atoms with Crippen LogP contribution in [0, 0.1) is 0 Å². The summed E-state index contributed by atoms with van der Waals surface area (Å²) in [7, 11) is 0. The number of carbonyl (C=O) groups excluding carboxylic acids is 1. The molecule has 1 fully saturated rings. The number of Topliss-reactive ketones (excluding diaryl/α,β-unsaturated/α-hetero) is 1. The van der Waals surface area contributed by atoms with Gasteiger partial charge in [0.05, 0.1) is 0 Å². The van der Waals surface area contributed by atoms with E-state index in [0.717, 1.165) is 35.1 Å². The first kappa shape index (κ1) is 15.9. The Balaban J connectivity index is 1.64. The van der Waals surface area contributed by atoms with E-state index >= 15 is 0 Å². The molecule has 1 heteroatoms. The number of rotatable bonds is 4. The molecule has 0 N–H and O–H groups in total. The number of hydrogen-bond donors (Lipinski definition) is 0. The molecule has 24 heavy (non-hydrogen) atoms. The monoisotopic (exact) mass is 312 g/mol. The van der Waals surface area contributed by atoms with Gasteiger partial charge in [-0.3, -0.25) is 4.79 Å². The Morgan fingerprint density at radius 2 is 1.04 bits per heavy atom. The van der Waals surface area contributed by atoms with Crippen LogP contribution in [0.25, 0.3) is 12.2 Å². The first-order valence-corrected chi connectivity index (χ1v) is 8.22. The van der Waals surface area contributed by atoms with E-state index in [0.29, 0.717) is 0 Å². The highest BCUT2D eigenvalue weighted by molar-refractivity contribution is 6.11. The maximum Gasteiger partial charge on any atom is 0.185 e. The molecule has 0 unspecified atom stereocenters. The summed E-state index contributed by atoms with van der Waals surface area (Å²) in [6, 6.07) is 20.2. The van der Waals surface area contributed by atoms with Crippen LogP contribution in [0.15, 0.2) is 96.1 Å². The zero-order chi connectivity index (χ0) is 16.6. The number of benzene rings is 2. The lowest BCUT2D eigenvalue weighted by molar-refractivity contribution is -0.111. The van der Waals surface area contributed by atoms with Crippen molar-refractivity contribution in [2.45, 2.75) is 12.8 Å². The highest BCUT2D eigenvalue weighted by atomic mass is 16.1. The second-order valence-electron chi connectivity index (χ2n) is 5.75. The highest BCUT2D eigenvalue weighted by Gasteiger charge is 2.21. The second-order valence-corrected chi connectivity index (χ2v) is 5.75. The van der Waals surface area contributed by atoms with Crippen LogP contribution in [0.4, 0.5) is 0 Å². The van der Waals surface area contributed by atoms with E-state index in [-0.39, 0.29) is 5.78 Å². The predicted octanol–water partition coefficient (Wildman–Crippen LogP) is 5.63. The smallest absolute Gasteiger partial charge is 0.185 e. The van der Waals surface area contributed by atoms with Crippen LogP contribution in [0.3, 0.4) is 0 Å². The minimum Gasteiger partial charge on any atom is -0.289 e. The molecule has 0 amide bonds. The van der Waals surface area contributed by atoms with Crippen LogP contribution >= 0.6 is 0 Å². The van der Waals surface area contributed by atoms with Crippen molar-refractivity contribution < 1.29 is 4.79 Å². The predicted molar refractivity (Wildman–Crippen MR) is 101 cm³/mol. The molecule has 0 aliphatic heterocycles. The molecule has 118 valence electrons. The molecule has 1 saturated carbocycles. The number of hydrogen-bond acceptors (Lipinski definition) is 1. The molecular formula is C23H20O. The fraction of sp³-hybridized carbons (Fsp3) is 0.0870. The van der Waals surface area contributed by atoms with Gasteiger partial charge in [-0.25, -0.2) is 0 Å². The van der Waals surface area contributed by atoms with E-state index in [1.165, 1.54) is 0 Å². The molecule has 0 radical (unpaired) electrons. The van der Waals surface area contributed by atoms with Crippen molar-refractivity contribution in [3.05, 3.63) is 107 Å².